The average molecular weight is 428 g/mol. The molecule has 1 amide bonds. The molecule has 1 atom stereocenters. The van der Waals surface area contributed by atoms with Crippen LogP contribution in [0.25, 0.3) is 0 Å². The van der Waals surface area contributed by atoms with Crippen molar-refractivity contribution in [3.63, 3.8) is 0 Å². The number of guanidine groups is 1. The van der Waals surface area contributed by atoms with Crippen molar-refractivity contribution in [1.29, 1.82) is 0 Å². The Morgan fingerprint density at radius 3 is 2.23 bits per heavy atom. The average Bonchev–Trinajstić information content (AvgIpc) is 2.34. The molecule has 3 N–H and O–H groups in total. The molecular formula is C15H33IN4O2. The third kappa shape index (κ3) is 13.0. The molecule has 6 nitrogen and oxygen atoms in total. The van der Waals surface area contributed by atoms with E-state index in [0.717, 1.165) is 18.9 Å². The van der Waals surface area contributed by atoms with E-state index in [-0.39, 0.29) is 36.1 Å². The second-order valence-electron chi connectivity index (χ2n) is 5.71. The molecule has 0 saturated carbocycles. The second kappa shape index (κ2) is 13.9. The van der Waals surface area contributed by atoms with Gasteiger partial charge in [0.2, 0.25) is 0 Å². The van der Waals surface area contributed by atoms with Gasteiger partial charge in [-0.1, -0.05) is 13.8 Å². The molecule has 0 aromatic rings. The number of ether oxygens (including phenoxy) is 1. The molecule has 132 valence electrons. The number of nitrogens with one attached hydrogen (secondary N) is 3. The van der Waals surface area contributed by atoms with E-state index in [1.165, 1.54) is 0 Å². The standard InChI is InChI=1S/C15H32N4O2.HI/c1-7-16-14(18-12(5)6)17-10-13(9-11(3)4)19-15(20)21-8-2;/h11-13H,7-10H2,1-6H3,(H,19,20)(H2,16,17,18);1H. The van der Waals surface area contributed by atoms with E-state index in [9.17, 15) is 4.79 Å². The first-order valence-corrected chi connectivity index (χ1v) is 7.87. The topological polar surface area (TPSA) is 74.8 Å². The lowest BCUT2D eigenvalue weighted by Crippen LogP contribution is -2.43. The minimum atomic E-state index is -0.375. The molecule has 0 radical (unpaired) electrons. The zero-order chi connectivity index (χ0) is 16.3. The molecule has 7 heteroatoms. The van der Waals surface area contributed by atoms with E-state index in [2.05, 4.69) is 48.6 Å². The van der Waals surface area contributed by atoms with Crippen LogP contribution in [-0.2, 0) is 4.74 Å². The molecule has 0 bridgehead atoms. The van der Waals surface area contributed by atoms with Crippen LogP contribution < -0.4 is 16.0 Å². The van der Waals surface area contributed by atoms with Crippen LogP contribution in [0.4, 0.5) is 4.79 Å². The van der Waals surface area contributed by atoms with E-state index < -0.39 is 0 Å². The first kappa shape index (κ1) is 23.5. The summed E-state index contributed by atoms with van der Waals surface area (Å²) in [4.78, 5) is 16.1. The summed E-state index contributed by atoms with van der Waals surface area (Å²) in [6.07, 6.45) is 0.490. The van der Waals surface area contributed by atoms with Crippen molar-refractivity contribution in [1.82, 2.24) is 16.0 Å². The van der Waals surface area contributed by atoms with Crippen molar-refractivity contribution in [3.8, 4) is 0 Å². The van der Waals surface area contributed by atoms with Crippen LogP contribution in [-0.4, -0.2) is 43.8 Å². The molecule has 0 aromatic heterocycles. The summed E-state index contributed by atoms with van der Waals surface area (Å²) in [5, 5.41) is 9.34. The molecule has 0 aromatic carbocycles. The highest BCUT2D eigenvalue weighted by Gasteiger charge is 2.14. The molecule has 0 aliphatic heterocycles. The van der Waals surface area contributed by atoms with Crippen molar-refractivity contribution < 1.29 is 9.53 Å². The lowest BCUT2D eigenvalue weighted by molar-refractivity contribution is 0.147. The molecule has 0 aliphatic carbocycles. The van der Waals surface area contributed by atoms with Gasteiger partial charge in [-0.15, -0.1) is 24.0 Å². The van der Waals surface area contributed by atoms with Crippen molar-refractivity contribution in [2.24, 2.45) is 10.9 Å². The minimum absolute atomic E-state index is 0. The smallest absolute Gasteiger partial charge is 0.407 e. The summed E-state index contributed by atoms with van der Waals surface area (Å²) in [7, 11) is 0. The first-order valence-electron chi connectivity index (χ1n) is 7.87. The monoisotopic (exact) mass is 428 g/mol. The van der Waals surface area contributed by atoms with Gasteiger partial charge < -0.3 is 20.7 Å². The highest BCUT2D eigenvalue weighted by molar-refractivity contribution is 14.0. The van der Waals surface area contributed by atoms with E-state index in [1.807, 2.05) is 6.92 Å². The van der Waals surface area contributed by atoms with Crippen molar-refractivity contribution in [2.75, 3.05) is 19.7 Å². The molecule has 0 heterocycles. The fourth-order valence-corrected chi connectivity index (χ4v) is 1.88. The van der Waals surface area contributed by atoms with Gasteiger partial charge in [-0.3, -0.25) is 4.99 Å². The fraction of sp³-hybridized carbons (Fsp3) is 0.867. The largest absolute Gasteiger partial charge is 0.450 e. The van der Waals surface area contributed by atoms with Crippen molar-refractivity contribution in [3.05, 3.63) is 0 Å². The molecule has 1 unspecified atom stereocenters. The number of amides is 1. The Bertz CT molecular complexity index is 323. The number of hydrogen-bond acceptors (Lipinski definition) is 3. The normalized spacial score (nSPS) is 12.6. The number of hydrogen-bond donors (Lipinski definition) is 3. The molecule has 0 aliphatic rings. The summed E-state index contributed by atoms with van der Waals surface area (Å²) >= 11 is 0. The van der Waals surface area contributed by atoms with Crippen LogP contribution in [0, 0.1) is 5.92 Å². The highest BCUT2D eigenvalue weighted by Crippen LogP contribution is 2.05. The van der Waals surface area contributed by atoms with Crippen LogP contribution in [0.2, 0.25) is 0 Å². The molecular weight excluding hydrogens is 395 g/mol. The predicted octanol–water partition coefficient (Wildman–Crippen LogP) is 2.73. The van der Waals surface area contributed by atoms with Crippen LogP contribution in [0.15, 0.2) is 4.99 Å². The number of halogens is 1. The van der Waals surface area contributed by atoms with Gasteiger partial charge in [0.1, 0.15) is 0 Å². The third-order valence-corrected chi connectivity index (χ3v) is 2.59. The van der Waals surface area contributed by atoms with E-state index in [0.29, 0.717) is 25.1 Å². The maximum absolute atomic E-state index is 11.6. The van der Waals surface area contributed by atoms with Crippen LogP contribution in [0.5, 0.6) is 0 Å². The summed E-state index contributed by atoms with van der Waals surface area (Å²) < 4.78 is 4.94. The summed E-state index contributed by atoms with van der Waals surface area (Å²) in [6, 6.07) is 0.288. The molecule has 0 saturated heterocycles. The van der Waals surface area contributed by atoms with E-state index in [4.69, 9.17) is 4.74 Å². The fourth-order valence-electron chi connectivity index (χ4n) is 1.88. The van der Waals surface area contributed by atoms with Gasteiger partial charge >= 0.3 is 6.09 Å². The lowest BCUT2D eigenvalue weighted by atomic mass is 10.0. The number of carbonyl (C=O) groups is 1. The summed E-state index contributed by atoms with van der Waals surface area (Å²) in [5.74, 6) is 1.25. The Hall–Kier alpha value is -0.730. The van der Waals surface area contributed by atoms with Crippen LogP contribution >= 0.6 is 24.0 Å². The zero-order valence-corrected chi connectivity index (χ0v) is 17.1. The maximum atomic E-state index is 11.6. The second-order valence-corrected chi connectivity index (χ2v) is 5.71. The van der Waals surface area contributed by atoms with Gasteiger partial charge in [0.25, 0.3) is 0 Å². The minimum Gasteiger partial charge on any atom is -0.450 e. The number of carbonyl (C=O) groups excluding carboxylic acids is 1. The SMILES string of the molecule is CCNC(=NCC(CC(C)C)NC(=O)OCC)NC(C)C.I. The molecule has 0 spiro atoms. The number of aliphatic imine (C=N–C) groups is 1. The Labute approximate surface area is 152 Å². The zero-order valence-electron chi connectivity index (χ0n) is 14.7. The first-order chi connectivity index (χ1) is 9.88. The number of rotatable bonds is 8. The summed E-state index contributed by atoms with van der Waals surface area (Å²) in [5.41, 5.74) is 0. The third-order valence-electron chi connectivity index (χ3n) is 2.59. The van der Waals surface area contributed by atoms with Gasteiger partial charge in [-0.05, 0) is 40.0 Å². The Morgan fingerprint density at radius 2 is 1.77 bits per heavy atom. The van der Waals surface area contributed by atoms with E-state index >= 15 is 0 Å². The highest BCUT2D eigenvalue weighted by atomic mass is 127. The van der Waals surface area contributed by atoms with E-state index in [1.54, 1.807) is 6.92 Å². The van der Waals surface area contributed by atoms with Crippen LogP contribution in [0.3, 0.4) is 0 Å². The quantitative estimate of drug-likeness (QED) is 0.316. The Kier molecular flexibility index (Phi) is 14.9. The number of alkyl carbamates (subject to hydrolysis) is 1. The van der Waals surface area contributed by atoms with Gasteiger partial charge in [-0.2, -0.15) is 0 Å². The molecule has 0 rings (SSSR count). The van der Waals surface area contributed by atoms with Gasteiger partial charge in [-0.25, -0.2) is 4.79 Å². The Morgan fingerprint density at radius 1 is 1.14 bits per heavy atom. The number of nitrogens with zero attached hydrogens (tertiary/aromatic N) is 1. The van der Waals surface area contributed by atoms with Gasteiger partial charge in [0.05, 0.1) is 19.2 Å². The van der Waals surface area contributed by atoms with Crippen molar-refractivity contribution in [2.45, 2.75) is 60.0 Å². The lowest BCUT2D eigenvalue weighted by Gasteiger charge is -2.20. The van der Waals surface area contributed by atoms with Gasteiger partial charge in [0.15, 0.2) is 5.96 Å². The Balaban J connectivity index is 0. The molecule has 0 fully saturated rings. The summed E-state index contributed by atoms with van der Waals surface area (Å²) in [6.45, 7) is 13.9. The maximum Gasteiger partial charge on any atom is 0.407 e. The van der Waals surface area contributed by atoms with Gasteiger partial charge in [0, 0.05) is 12.6 Å². The van der Waals surface area contributed by atoms with Crippen LogP contribution in [0.1, 0.15) is 48.0 Å². The predicted molar refractivity (Wildman–Crippen MR) is 103 cm³/mol. The molecule has 22 heavy (non-hydrogen) atoms. The van der Waals surface area contributed by atoms with Crippen molar-refractivity contribution >= 4 is 36.0 Å².